The van der Waals surface area contributed by atoms with Crippen LogP contribution in [0.5, 0.6) is 0 Å². The zero-order valence-electron chi connectivity index (χ0n) is 15.1. The smallest absolute Gasteiger partial charge is 0.184 e. The number of fused-ring (bicyclic) bond motifs is 1. The van der Waals surface area contributed by atoms with Crippen LogP contribution in [0.1, 0.15) is 17.4 Å². The first-order valence-electron chi connectivity index (χ1n) is 9.11. The predicted octanol–water partition coefficient (Wildman–Crippen LogP) is 3.08. The third-order valence-corrected chi connectivity index (χ3v) is 4.85. The van der Waals surface area contributed by atoms with Crippen molar-refractivity contribution in [3.8, 4) is 0 Å². The van der Waals surface area contributed by atoms with Crippen LogP contribution in [0.15, 0.2) is 65.8 Å². The largest absolute Gasteiger partial charge is 0.390 e. The lowest BCUT2D eigenvalue weighted by Gasteiger charge is -2.46. The molecule has 2 saturated heterocycles. The van der Waals surface area contributed by atoms with E-state index in [0.29, 0.717) is 0 Å². The molecule has 0 bridgehead atoms. The van der Waals surface area contributed by atoms with Gasteiger partial charge >= 0.3 is 0 Å². The zero-order chi connectivity index (χ0) is 19.3. The first-order valence-corrected chi connectivity index (χ1v) is 9.11. The molecule has 0 spiro atoms. The Hall–Kier alpha value is -2.45. The van der Waals surface area contributed by atoms with Crippen LogP contribution < -0.4 is 0 Å². The third kappa shape index (κ3) is 4.02. The van der Waals surface area contributed by atoms with E-state index in [0.717, 1.165) is 11.1 Å². The summed E-state index contributed by atoms with van der Waals surface area (Å²) >= 11 is 0. The van der Waals surface area contributed by atoms with E-state index in [9.17, 15) is 5.11 Å². The van der Waals surface area contributed by atoms with Crippen molar-refractivity contribution in [2.75, 3.05) is 6.61 Å². The monoisotopic (exact) mass is 383 g/mol. The highest BCUT2D eigenvalue weighted by Gasteiger charge is 2.49. The summed E-state index contributed by atoms with van der Waals surface area (Å²) in [5, 5.41) is 14.5. The summed E-state index contributed by atoms with van der Waals surface area (Å²) in [7, 11) is 0. The van der Waals surface area contributed by atoms with Crippen LogP contribution in [0, 0.1) is 0 Å². The van der Waals surface area contributed by atoms with Crippen molar-refractivity contribution in [3.05, 3.63) is 82.2 Å². The van der Waals surface area contributed by atoms with Crippen molar-refractivity contribution in [1.29, 1.82) is 0 Å². The lowest BCUT2D eigenvalue weighted by atomic mass is 9.96. The van der Waals surface area contributed by atoms with E-state index in [2.05, 4.69) is 10.0 Å². The summed E-state index contributed by atoms with van der Waals surface area (Å²) in [6.45, 7) is 0.497. The third-order valence-electron chi connectivity index (χ3n) is 4.85. The average Bonchev–Trinajstić information content (AvgIpc) is 2.76. The van der Waals surface area contributed by atoms with Gasteiger partial charge in [0.25, 0.3) is 0 Å². The van der Waals surface area contributed by atoms with E-state index in [1.54, 1.807) is 0 Å². The highest BCUT2D eigenvalue weighted by atomic mass is 16.7. The molecule has 2 heterocycles. The highest BCUT2D eigenvalue weighted by molar-refractivity contribution is 5.17. The molecule has 2 aromatic carbocycles. The molecular formula is C20H21N3O5. The van der Waals surface area contributed by atoms with E-state index >= 15 is 0 Å². The number of aliphatic hydroxyl groups is 1. The molecule has 0 saturated carbocycles. The Morgan fingerprint density at radius 3 is 2.50 bits per heavy atom. The van der Waals surface area contributed by atoms with Gasteiger partial charge in [0.2, 0.25) is 0 Å². The Bertz CT molecular complexity index is 815. The van der Waals surface area contributed by atoms with Gasteiger partial charge in [0.1, 0.15) is 18.2 Å². The molecule has 0 aromatic heterocycles. The molecule has 6 atom stereocenters. The minimum absolute atomic E-state index is 0.232. The van der Waals surface area contributed by atoms with Crippen LogP contribution in [-0.2, 0) is 25.6 Å². The Balaban J connectivity index is 1.47. The quantitative estimate of drug-likeness (QED) is 0.485. The average molecular weight is 383 g/mol. The number of rotatable bonds is 5. The number of ether oxygens (including phenoxy) is 4. The molecule has 2 fully saturated rings. The van der Waals surface area contributed by atoms with E-state index in [-0.39, 0.29) is 13.2 Å². The maximum Gasteiger partial charge on any atom is 0.184 e. The van der Waals surface area contributed by atoms with Crippen LogP contribution in [0.4, 0.5) is 0 Å². The first kappa shape index (κ1) is 18.9. The number of azide groups is 1. The fourth-order valence-electron chi connectivity index (χ4n) is 3.43. The summed E-state index contributed by atoms with van der Waals surface area (Å²) in [5.41, 5.74) is 10.7. The van der Waals surface area contributed by atoms with Gasteiger partial charge < -0.3 is 24.1 Å². The molecule has 0 amide bonds. The van der Waals surface area contributed by atoms with Gasteiger partial charge in [-0.2, -0.15) is 0 Å². The summed E-state index contributed by atoms with van der Waals surface area (Å²) < 4.78 is 23.5. The lowest BCUT2D eigenvalue weighted by molar-refractivity contribution is -0.343. The van der Waals surface area contributed by atoms with Gasteiger partial charge in [-0.1, -0.05) is 65.8 Å². The Morgan fingerprint density at radius 2 is 1.79 bits per heavy atom. The Labute approximate surface area is 162 Å². The van der Waals surface area contributed by atoms with Gasteiger partial charge in [0, 0.05) is 10.5 Å². The molecule has 0 aliphatic carbocycles. The summed E-state index contributed by atoms with van der Waals surface area (Å²) in [6, 6.07) is 18.1. The van der Waals surface area contributed by atoms with Crippen molar-refractivity contribution < 1.29 is 24.1 Å². The van der Waals surface area contributed by atoms with E-state index in [1.165, 1.54) is 0 Å². The first-order chi connectivity index (χ1) is 13.8. The predicted molar refractivity (Wildman–Crippen MR) is 98.8 cm³/mol. The van der Waals surface area contributed by atoms with Crippen molar-refractivity contribution in [1.82, 2.24) is 0 Å². The second-order valence-corrected chi connectivity index (χ2v) is 6.70. The normalized spacial score (nSPS) is 32.2. The fraction of sp³-hybridized carbons (Fsp3) is 0.400. The second-order valence-electron chi connectivity index (χ2n) is 6.70. The van der Waals surface area contributed by atoms with Crippen LogP contribution in [0.25, 0.3) is 10.4 Å². The molecule has 2 aromatic rings. The minimum Gasteiger partial charge on any atom is -0.390 e. The van der Waals surface area contributed by atoms with Crippen molar-refractivity contribution in [2.45, 2.75) is 43.5 Å². The van der Waals surface area contributed by atoms with Gasteiger partial charge in [-0.25, -0.2) is 0 Å². The molecular weight excluding hydrogens is 362 g/mol. The molecule has 146 valence electrons. The maximum absolute atomic E-state index is 10.8. The van der Waals surface area contributed by atoms with Crippen molar-refractivity contribution in [3.63, 3.8) is 0 Å². The maximum atomic E-state index is 10.8. The lowest BCUT2D eigenvalue weighted by Crippen LogP contribution is -2.61. The van der Waals surface area contributed by atoms with Gasteiger partial charge in [-0.15, -0.1) is 0 Å². The van der Waals surface area contributed by atoms with Crippen molar-refractivity contribution in [2.24, 2.45) is 5.11 Å². The summed E-state index contributed by atoms with van der Waals surface area (Å²) in [5.74, 6) is 0. The SMILES string of the molecule is [N-]=[N+]=N[C@H]1C(O)[C@H]2OC(c3ccccc3)OCC2O[C@H]1OCc1ccccc1. The molecule has 8 nitrogen and oxygen atoms in total. The van der Waals surface area contributed by atoms with Crippen molar-refractivity contribution >= 4 is 0 Å². The van der Waals surface area contributed by atoms with Gasteiger partial charge in [-0.3, -0.25) is 0 Å². The molecule has 8 heteroatoms. The zero-order valence-corrected chi connectivity index (χ0v) is 15.1. The van der Waals surface area contributed by atoms with E-state index < -0.39 is 36.9 Å². The molecule has 1 N–H and O–H groups in total. The fourth-order valence-corrected chi connectivity index (χ4v) is 3.43. The van der Waals surface area contributed by atoms with Gasteiger partial charge in [0.15, 0.2) is 12.6 Å². The molecule has 2 aliphatic rings. The second kappa shape index (κ2) is 8.70. The van der Waals surface area contributed by atoms with Crippen LogP contribution >= 0.6 is 0 Å². The molecule has 4 rings (SSSR count). The van der Waals surface area contributed by atoms with Gasteiger partial charge in [-0.05, 0) is 11.1 Å². The van der Waals surface area contributed by atoms with E-state index in [1.807, 2.05) is 60.7 Å². The summed E-state index contributed by atoms with van der Waals surface area (Å²) in [4.78, 5) is 2.85. The number of hydrogen-bond donors (Lipinski definition) is 1. The Kier molecular flexibility index (Phi) is 5.87. The number of benzene rings is 2. The van der Waals surface area contributed by atoms with Crippen LogP contribution in [0.2, 0.25) is 0 Å². The molecule has 2 aliphatic heterocycles. The van der Waals surface area contributed by atoms with Gasteiger partial charge in [0.05, 0.1) is 19.3 Å². The number of hydrogen-bond acceptors (Lipinski definition) is 6. The number of aliphatic hydroxyl groups excluding tert-OH is 1. The van der Waals surface area contributed by atoms with Crippen LogP contribution in [-0.4, -0.2) is 42.4 Å². The minimum atomic E-state index is -1.08. The Morgan fingerprint density at radius 1 is 1.07 bits per heavy atom. The number of nitrogens with zero attached hydrogens (tertiary/aromatic N) is 3. The summed E-state index contributed by atoms with van der Waals surface area (Å²) in [6.07, 6.45) is -3.81. The molecule has 3 unspecified atom stereocenters. The standard InChI is InChI=1S/C20H21N3O5/c21-23-22-16-17(24)18-15(12-26-19(28-18)14-9-5-2-6-10-14)27-20(16)25-11-13-7-3-1-4-8-13/h1-10,15-20,24H,11-12H2/t15?,16-,17?,18-,19?,20+/m0/s1. The topological polar surface area (TPSA) is 106 Å². The van der Waals surface area contributed by atoms with Crippen LogP contribution in [0.3, 0.4) is 0 Å². The highest BCUT2D eigenvalue weighted by Crippen LogP contribution is 2.35. The molecule has 28 heavy (non-hydrogen) atoms. The van der Waals surface area contributed by atoms with E-state index in [4.69, 9.17) is 24.5 Å². The molecule has 0 radical (unpaired) electrons.